The molecule has 0 fully saturated rings. The zero-order chi connectivity index (χ0) is 18.1. The summed E-state index contributed by atoms with van der Waals surface area (Å²) in [6, 6.07) is 19.0. The van der Waals surface area contributed by atoms with E-state index in [2.05, 4.69) is 17.6 Å². The third-order valence-corrected chi connectivity index (χ3v) is 3.93. The molecule has 0 aliphatic heterocycles. The molecule has 4 nitrogen and oxygen atoms in total. The fourth-order valence-corrected chi connectivity index (χ4v) is 2.37. The van der Waals surface area contributed by atoms with E-state index in [0.29, 0.717) is 6.54 Å². The topological polar surface area (TPSA) is 58.2 Å². The highest BCUT2D eigenvalue weighted by molar-refractivity contribution is 5.95. The van der Waals surface area contributed by atoms with Crippen molar-refractivity contribution in [1.29, 1.82) is 0 Å². The van der Waals surface area contributed by atoms with Gasteiger partial charge in [0.15, 0.2) is 0 Å². The van der Waals surface area contributed by atoms with Crippen molar-refractivity contribution in [3.63, 3.8) is 0 Å². The Labute approximate surface area is 149 Å². The van der Waals surface area contributed by atoms with Gasteiger partial charge in [0.05, 0.1) is 0 Å². The van der Waals surface area contributed by atoms with E-state index in [1.54, 1.807) is 13.0 Å². The van der Waals surface area contributed by atoms with Crippen molar-refractivity contribution >= 4 is 17.9 Å². The van der Waals surface area contributed by atoms with Crippen molar-refractivity contribution in [1.82, 2.24) is 10.6 Å². The Hall–Kier alpha value is -2.88. The van der Waals surface area contributed by atoms with Crippen LogP contribution in [0.25, 0.3) is 6.08 Å². The third kappa shape index (κ3) is 6.26. The Morgan fingerprint density at radius 3 is 2.20 bits per heavy atom. The Bertz CT molecular complexity index is 711. The van der Waals surface area contributed by atoms with Gasteiger partial charge in [-0.05, 0) is 30.0 Å². The molecule has 0 aliphatic carbocycles. The number of carbonyl (C=O) groups excluding carboxylic acids is 2. The first-order chi connectivity index (χ1) is 12.1. The van der Waals surface area contributed by atoms with E-state index < -0.39 is 6.04 Å². The molecule has 0 aliphatic rings. The van der Waals surface area contributed by atoms with Crippen LogP contribution in [-0.4, -0.2) is 24.4 Å². The lowest BCUT2D eigenvalue weighted by molar-refractivity contribution is -0.126. The van der Waals surface area contributed by atoms with E-state index in [4.69, 9.17) is 0 Å². The Balaban J connectivity index is 1.77. The standard InChI is InChI=1S/C21H24N2O2/c1-16(19-11-7-4-8-12-19)15-22-21(25)17(2)23-20(24)14-13-18-9-5-3-6-10-18/h3-14,16-17H,15H2,1-2H3,(H,22,25)(H,23,24)/b14-13+. The number of hydrogen-bond acceptors (Lipinski definition) is 2. The second-order valence-electron chi connectivity index (χ2n) is 6.03. The summed E-state index contributed by atoms with van der Waals surface area (Å²) >= 11 is 0. The van der Waals surface area contributed by atoms with Gasteiger partial charge < -0.3 is 10.6 Å². The average molecular weight is 336 g/mol. The normalized spacial score (nSPS) is 13.2. The van der Waals surface area contributed by atoms with Crippen LogP contribution in [0.4, 0.5) is 0 Å². The largest absolute Gasteiger partial charge is 0.354 e. The highest BCUT2D eigenvalue weighted by atomic mass is 16.2. The molecule has 130 valence electrons. The fourth-order valence-electron chi connectivity index (χ4n) is 2.37. The summed E-state index contributed by atoms with van der Waals surface area (Å²) in [6.07, 6.45) is 3.16. The van der Waals surface area contributed by atoms with Gasteiger partial charge in [-0.15, -0.1) is 0 Å². The van der Waals surface area contributed by atoms with E-state index in [1.165, 1.54) is 11.6 Å². The maximum atomic E-state index is 12.1. The van der Waals surface area contributed by atoms with Crippen molar-refractivity contribution in [2.45, 2.75) is 25.8 Å². The van der Waals surface area contributed by atoms with Gasteiger partial charge in [-0.25, -0.2) is 0 Å². The molecular formula is C21H24N2O2. The van der Waals surface area contributed by atoms with Crippen LogP contribution in [0.15, 0.2) is 66.7 Å². The predicted molar refractivity (Wildman–Crippen MR) is 101 cm³/mol. The minimum Gasteiger partial charge on any atom is -0.354 e. The lowest BCUT2D eigenvalue weighted by atomic mass is 10.0. The highest BCUT2D eigenvalue weighted by Crippen LogP contribution is 2.12. The number of amides is 2. The van der Waals surface area contributed by atoms with Crippen LogP contribution in [0.2, 0.25) is 0 Å². The molecule has 25 heavy (non-hydrogen) atoms. The van der Waals surface area contributed by atoms with Crippen molar-refractivity contribution in [3.05, 3.63) is 77.9 Å². The molecule has 2 aromatic rings. The minimum atomic E-state index is -0.587. The summed E-state index contributed by atoms with van der Waals surface area (Å²) in [6.45, 7) is 4.27. The smallest absolute Gasteiger partial charge is 0.244 e. The molecule has 4 heteroatoms. The summed E-state index contributed by atoms with van der Waals surface area (Å²) in [5, 5.41) is 5.56. The number of nitrogens with one attached hydrogen (secondary N) is 2. The van der Waals surface area contributed by atoms with E-state index >= 15 is 0 Å². The number of carbonyl (C=O) groups is 2. The molecule has 0 heterocycles. The van der Waals surface area contributed by atoms with Crippen molar-refractivity contribution < 1.29 is 9.59 Å². The van der Waals surface area contributed by atoms with Gasteiger partial charge in [0.2, 0.25) is 11.8 Å². The monoisotopic (exact) mass is 336 g/mol. The molecule has 0 radical (unpaired) electrons. The number of benzene rings is 2. The molecular weight excluding hydrogens is 312 g/mol. The van der Waals surface area contributed by atoms with Crippen LogP contribution < -0.4 is 10.6 Å². The molecule has 2 amide bonds. The first kappa shape index (κ1) is 18.5. The summed E-state index contributed by atoms with van der Waals surface area (Å²) in [5.41, 5.74) is 2.11. The Morgan fingerprint density at radius 1 is 0.960 bits per heavy atom. The van der Waals surface area contributed by atoms with Crippen LogP contribution >= 0.6 is 0 Å². The molecule has 2 aromatic carbocycles. The quantitative estimate of drug-likeness (QED) is 0.763. The van der Waals surface area contributed by atoms with Gasteiger partial charge in [0.25, 0.3) is 0 Å². The predicted octanol–water partition coefficient (Wildman–Crippen LogP) is 3.12. The second kappa shape index (κ2) is 9.42. The molecule has 0 saturated heterocycles. The van der Waals surface area contributed by atoms with E-state index in [-0.39, 0.29) is 17.7 Å². The van der Waals surface area contributed by atoms with E-state index in [0.717, 1.165) is 5.56 Å². The summed E-state index contributed by atoms with van der Waals surface area (Å²) in [7, 11) is 0. The number of hydrogen-bond donors (Lipinski definition) is 2. The maximum absolute atomic E-state index is 12.1. The van der Waals surface area contributed by atoms with Crippen molar-refractivity contribution in [2.24, 2.45) is 0 Å². The van der Waals surface area contributed by atoms with E-state index in [9.17, 15) is 9.59 Å². The van der Waals surface area contributed by atoms with Crippen LogP contribution in [0, 0.1) is 0 Å². The van der Waals surface area contributed by atoms with Gasteiger partial charge in [-0.2, -0.15) is 0 Å². The highest BCUT2D eigenvalue weighted by Gasteiger charge is 2.15. The molecule has 2 N–H and O–H groups in total. The summed E-state index contributed by atoms with van der Waals surface area (Å²) in [5.74, 6) is -0.266. The van der Waals surface area contributed by atoms with Gasteiger partial charge in [-0.3, -0.25) is 9.59 Å². The molecule has 0 aromatic heterocycles. The molecule has 0 bridgehead atoms. The zero-order valence-corrected chi connectivity index (χ0v) is 14.6. The van der Waals surface area contributed by atoms with E-state index in [1.807, 2.05) is 60.7 Å². The molecule has 0 saturated carbocycles. The Kier molecular flexibility index (Phi) is 6.96. The van der Waals surface area contributed by atoms with Gasteiger partial charge >= 0.3 is 0 Å². The zero-order valence-electron chi connectivity index (χ0n) is 14.6. The van der Waals surface area contributed by atoms with Crippen LogP contribution in [0.3, 0.4) is 0 Å². The molecule has 2 unspecified atom stereocenters. The van der Waals surface area contributed by atoms with Gasteiger partial charge in [-0.1, -0.05) is 67.6 Å². The average Bonchev–Trinajstić information content (AvgIpc) is 2.65. The molecule has 2 rings (SSSR count). The SMILES string of the molecule is CC(NC(=O)/C=C/c1ccccc1)C(=O)NCC(C)c1ccccc1. The lowest BCUT2D eigenvalue weighted by Gasteiger charge is -2.16. The van der Waals surface area contributed by atoms with Crippen LogP contribution in [0.5, 0.6) is 0 Å². The van der Waals surface area contributed by atoms with Crippen molar-refractivity contribution in [3.8, 4) is 0 Å². The summed E-state index contributed by atoms with van der Waals surface area (Å²) in [4.78, 5) is 24.1. The number of rotatable bonds is 7. The fraction of sp³-hybridized carbons (Fsp3) is 0.238. The van der Waals surface area contributed by atoms with Gasteiger partial charge in [0, 0.05) is 12.6 Å². The summed E-state index contributed by atoms with van der Waals surface area (Å²) < 4.78 is 0. The Morgan fingerprint density at radius 2 is 1.56 bits per heavy atom. The second-order valence-corrected chi connectivity index (χ2v) is 6.03. The minimum absolute atomic E-state index is 0.191. The lowest BCUT2D eigenvalue weighted by Crippen LogP contribution is -2.45. The van der Waals surface area contributed by atoms with Gasteiger partial charge in [0.1, 0.15) is 6.04 Å². The maximum Gasteiger partial charge on any atom is 0.244 e. The van der Waals surface area contributed by atoms with Crippen LogP contribution in [0.1, 0.15) is 30.9 Å². The molecule has 2 atom stereocenters. The first-order valence-electron chi connectivity index (χ1n) is 8.42. The third-order valence-electron chi connectivity index (χ3n) is 3.93. The molecule has 0 spiro atoms. The van der Waals surface area contributed by atoms with Crippen LogP contribution in [-0.2, 0) is 9.59 Å². The van der Waals surface area contributed by atoms with Crippen molar-refractivity contribution in [2.75, 3.05) is 6.54 Å². The first-order valence-corrected chi connectivity index (χ1v) is 8.42.